The van der Waals surface area contributed by atoms with Gasteiger partial charge in [0.2, 0.25) is 11.8 Å². The van der Waals surface area contributed by atoms with E-state index >= 15 is 0 Å². The van der Waals surface area contributed by atoms with Crippen molar-refractivity contribution in [1.82, 2.24) is 30.0 Å². The minimum Gasteiger partial charge on any atom is -0.416 e. The number of aliphatic hydroxyl groups excluding tert-OH is 1. The van der Waals surface area contributed by atoms with Crippen molar-refractivity contribution < 1.29 is 14.3 Å². The number of amides is 1. The number of pyridine rings is 1. The lowest BCUT2D eigenvalue weighted by molar-refractivity contribution is 0.0652. The minimum absolute atomic E-state index is 0.0280. The standard InChI is InChI=1S/C32H30N8O3/c1-4-15-40-30(42)23-13-12-22(16-25(23)32(40,2)3)35-31-34-18-24(29-39-38-28(43-29)21-11-8-14-33-17-21)27(37-31)36-26(19-41)20-9-6-5-7-10-20/h4-14,16-18,26,41H,1,15,19H2,2-3H3,(H2,34,35,36,37)/t26-/m1/s1. The zero-order valence-corrected chi connectivity index (χ0v) is 23.7. The Labute approximate surface area is 248 Å². The molecule has 0 fully saturated rings. The van der Waals surface area contributed by atoms with Gasteiger partial charge in [-0.25, -0.2) is 4.98 Å². The summed E-state index contributed by atoms with van der Waals surface area (Å²) >= 11 is 0. The molecule has 11 heteroatoms. The van der Waals surface area contributed by atoms with Gasteiger partial charge in [0.15, 0.2) is 0 Å². The summed E-state index contributed by atoms with van der Waals surface area (Å²) in [6.07, 6.45) is 6.62. The van der Waals surface area contributed by atoms with Gasteiger partial charge in [-0.2, -0.15) is 4.98 Å². The van der Waals surface area contributed by atoms with Crippen molar-refractivity contribution in [2.24, 2.45) is 0 Å². The van der Waals surface area contributed by atoms with E-state index < -0.39 is 11.6 Å². The number of hydrogen-bond acceptors (Lipinski definition) is 10. The van der Waals surface area contributed by atoms with Crippen LogP contribution >= 0.6 is 0 Å². The quantitative estimate of drug-likeness (QED) is 0.187. The van der Waals surface area contributed by atoms with E-state index in [1.165, 1.54) is 0 Å². The van der Waals surface area contributed by atoms with E-state index in [1.807, 2.05) is 68.4 Å². The molecule has 0 radical (unpaired) electrons. The Bertz CT molecular complexity index is 1770. The lowest BCUT2D eigenvalue weighted by atomic mass is 9.93. The van der Waals surface area contributed by atoms with Crippen LogP contribution < -0.4 is 10.6 Å². The summed E-state index contributed by atoms with van der Waals surface area (Å²) in [5.41, 5.74) is 3.78. The largest absolute Gasteiger partial charge is 0.416 e. The van der Waals surface area contributed by atoms with E-state index in [4.69, 9.17) is 9.40 Å². The molecule has 4 heterocycles. The molecule has 0 aliphatic carbocycles. The lowest BCUT2D eigenvalue weighted by Crippen LogP contribution is -2.39. The predicted molar refractivity (Wildman–Crippen MR) is 162 cm³/mol. The summed E-state index contributed by atoms with van der Waals surface area (Å²) in [6, 6.07) is 18.3. The third-order valence-electron chi connectivity index (χ3n) is 7.44. The van der Waals surface area contributed by atoms with E-state index in [0.717, 1.165) is 16.8 Å². The minimum atomic E-state index is -0.510. The van der Waals surface area contributed by atoms with Crippen molar-refractivity contribution in [1.29, 1.82) is 0 Å². The van der Waals surface area contributed by atoms with Gasteiger partial charge >= 0.3 is 0 Å². The fraction of sp³-hybridized carbons (Fsp3) is 0.188. The highest BCUT2D eigenvalue weighted by atomic mass is 16.4. The van der Waals surface area contributed by atoms with Crippen molar-refractivity contribution in [3.05, 3.63) is 109 Å². The second-order valence-electron chi connectivity index (χ2n) is 10.5. The number of aliphatic hydroxyl groups is 1. The van der Waals surface area contributed by atoms with Gasteiger partial charge in [-0.1, -0.05) is 36.4 Å². The number of nitrogens with zero attached hydrogens (tertiary/aromatic N) is 6. The van der Waals surface area contributed by atoms with Crippen LogP contribution in [-0.2, 0) is 5.54 Å². The maximum atomic E-state index is 13.0. The molecular formula is C32H30N8O3. The van der Waals surface area contributed by atoms with Gasteiger partial charge in [0.25, 0.3) is 11.8 Å². The topological polar surface area (TPSA) is 142 Å². The first-order chi connectivity index (χ1) is 20.9. The third-order valence-corrected chi connectivity index (χ3v) is 7.44. The highest BCUT2D eigenvalue weighted by molar-refractivity contribution is 6.00. The molecule has 1 amide bonds. The first-order valence-corrected chi connectivity index (χ1v) is 13.8. The summed E-state index contributed by atoms with van der Waals surface area (Å²) < 4.78 is 5.98. The molecule has 1 aliphatic heterocycles. The van der Waals surface area contributed by atoms with E-state index in [1.54, 1.807) is 35.6 Å². The maximum Gasteiger partial charge on any atom is 0.255 e. The fourth-order valence-electron chi connectivity index (χ4n) is 5.16. The zero-order valence-electron chi connectivity index (χ0n) is 23.7. The summed E-state index contributed by atoms with van der Waals surface area (Å²) in [5, 5.41) is 25.3. The number of rotatable bonds is 10. The molecular weight excluding hydrogens is 544 g/mol. The number of aromatic nitrogens is 5. The molecule has 1 atom stereocenters. The van der Waals surface area contributed by atoms with Gasteiger partial charge in [0, 0.05) is 36.4 Å². The number of fused-ring (bicyclic) bond motifs is 1. The van der Waals surface area contributed by atoms with Crippen LogP contribution in [0.5, 0.6) is 0 Å². The van der Waals surface area contributed by atoms with Crippen molar-refractivity contribution in [2.45, 2.75) is 25.4 Å². The average molecular weight is 575 g/mol. The molecule has 2 aromatic carbocycles. The molecule has 43 heavy (non-hydrogen) atoms. The summed E-state index contributed by atoms with van der Waals surface area (Å²) in [4.78, 5) is 28.2. The second-order valence-corrected chi connectivity index (χ2v) is 10.5. The van der Waals surface area contributed by atoms with E-state index in [0.29, 0.717) is 40.9 Å². The molecule has 0 bridgehead atoms. The summed E-state index contributed by atoms with van der Waals surface area (Å²) in [6.45, 7) is 8.09. The molecule has 216 valence electrons. The van der Waals surface area contributed by atoms with Crippen LogP contribution in [0.3, 0.4) is 0 Å². The van der Waals surface area contributed by atoms with Crippen LogP contribution in [0.4, 0.5) is 17.5 Å². The Morgan fingerprint density at radius 2 is 1.86 bits per heavy atom. The van der Waals surface area contributed by atoms with Crippen LogP contribution in [0.2, 0.25) is 0 Å². The Morgan fingerprint density at radius 1 is 1.05 bits per heavy atom. The van der Waals surface area contributed by atoms with Gasteiger partial charge < -0.3 is 25.1 Å². The first kappa shape index (κ1) is 27.7. The van der Waals surface area contributed by atoms with E-state index in [9.17, 15) is 9.90 Å². The second kappa shape index (κ2) is 11.5. The van der Waals surface area contributed by atoms with Crippen LogP contribution in [0.1, 0.15) is 41.4 Å². The van der Waals surface area contributed by atoms with Crippen LogP contribution in [0, 0.1) is 0 Å². The highest BCUT2D eigenvalue weighted by Gasteiger charge is 2.42. The number of anilines is 3. The molecule has 0 spiro atoms. The SMILES string of the molecule is C=CCN1C(=O)c2ccc(Nc3ncc(-c4nnc(-c5cccnc5)o4)c(N[C@H](CO)c4ccccc4)n3)cc2C1(C)C. The maximum absolute atomic E-state index is 13.0. The van der Waals surface area contributed by atoms with Crippen LogP contribution in [-0.4, -0.2) is 54.2 Å². The van der Waals surface area contributed by atoms with Crippen molar-refractivity contribution in [2.75, 3.05) is 23.8 Å². The smallest absolute Gasteiger partial charge is 0.255 e. The van der Waals surface area contributed by atoms with Gasteiger partial charge in [-0.15, -0.1) is 16.8 Å². The highest BCUT2D eigenvalue weighted by Crippen LogP contribution is 2.40. The Morgan fingerprint density at radius 3 is 2.60 bits per heavy atom. The third kappa shape index (κ3) is 5.33. The van der Waals surface area contributed by atoms with E-state index in [2.05, 4.69) is 37.4 Å². The monoisotopic (exact) mass is 574 g/mol. The number of nitrogens with one attached hydrogen (secondary N) is 2. The number of hydrogen-bond donors (Lipinski definition) is 3. The van der Waals surface area contributed by atoms with Crippen molar-refractivity contribution >= 4 is 23.4 Å². The van der Waals surface area contributed by atoms with Gasteiger partial charge in [-0.05, 0) is 55.3 Å². The molecule has 0 unspecified atom stereocenters. The van der Waals surface area contributed by atoms with Crippen LogP contribution in [0.25, 0.3) is 22.9 Å². The Kier molecular flexibility index (Phi) is 7.39. The zero-order chi connectivity index (χ0) is 30.0. The van der Waals surface area contributed by atoms with Crippen molar-refractivity contribution in [3.63, 3.8) is 0 Å². The molecule has 0 saturated heterocycles. The molecule has 1 aliphatic rings. The Hall–Kier alpha value is -5.42. The lowest BCUT2D eigenvalue weighted by Gasteiger charge is -2.31. The van der Waals surface area contributed by atoms with Crippen molar-refractivity contribution in [3.8, 4) is 22.9 Å². The summed E-state index contributed by atoms with van der Waals surface area (Å²) in [5.74, 6) is 1.17. The molecule has 11 nitrogen and oxygen atoms in total. The Balaban J connectivity index is 1.35. The number of benzene rings is 2. The number of carbonyl (C=O) groups excluding carboxylic acids is 1. The molecule has 0 saturated carbocycles. The van der Waals surface area contributed by atoms with Gasteiger partial charge in [0.05, 0.1) is 29.3 Å². The van der Waals surface area contributed by atoms with Crippen LogP contribution in [0.15, 0.2) is 96.3 Å². The predicted octanol–water partition coefficient (Wildman–Crippen LogP) is 5.35. The molecule has 3 aromatic heterocycles. The number of carbonyl (C=O) groups is 1. The molecule has 3 N–H and O–H groups in total. The average Bonchev–Trinajstić information content (AvgIpc) is 3.59. The molecule has 6 rings (SSSR count). The molecule has 5 aromatic rings. The normalized spacial score (nSPS) is 14.3. The van der Waals surface area contributed by atoms with E-state index in [-0.39, 0.29) is 18.4 Å². The van der Waals surface area contributed by atoms with Gasteiger partial charge in [0.1, 0.15) is 5.82 Å². The first-order valence-electron chi connectivity index (χ1n) is 13.8. The summed E-state index contributed by atoms with van der Waals surface area (Å²) in [7, 11) is 0. The van der Waals surface area contributed by atoms with Gasteiger partial charge in [-0.3, -0.25) is 9.78 Å². The fourth-order valence-corrected chi connectivity index (χ4v) is 5.16.